The van der Waals surface area contributed by atoms with Crippen LogP contribution in [-0.4, -0.2) is 22.4 Å². The Morgan fingerprint density at radius 2 is 1.75 bits per heavy atom. The van der Waals surface area contributed by atoms with Crippen molar-refractivity contribution in [2.45, 2.75) is 83.3 Å². The van der Waals surface area contributed by atoms with Gasteiger partial charge in [0.25, 0.3) is 0 Å². The van der Waals surface area contributed by atoms with Gasteiger partial charge in [0, 0.05) is 0 Å². The van der Waals surface area contributed by atoms with E-state index in [1.807, 2.05) is 0 Å². The number of aliphatic hydroxyl groups excluding tert-OH is 2. The van der Waals surface area contributed by atoms with E-state index >= 15 is 0 Å². The van der Waals surface area contributed by atoms with Gasteiger partial charge < -0.3 is 10.2 Å². The topological polar surface area (TPSA) is 40.5 Å². The van der Waals surface area contributed by atoms with Gasteiger partial charge in [0.1, 0.15) is 0 Å². The van der Waals surface area contributed by atoms with Gasteiger partial charge in [-0.1, -0.05) is 19.1 Å². The van der Waals surface area contributed by atoms with Gasteiger partial charge in [-0.2, -0.15) is 0 Å². The molecule has 0 aromatic heterocycles. The van der Waals surface area contributed by atoms with Gasteiger partial charge >= 0.3 is 0 Å². The van der Waals surface area contributed by atoms with Crippen LogP contribution in [0.4, 0.5) is 0 Å². The summed E-state index contributed by atoms with van der Waals surface area (Å²) in [7, 11) is 0. The van der Waals surface area contributed by atoms with Crippen molar-refractivity contribution in [3.05, 3.63) is 12.2 Å². The van der Waals surface area contributed by atoms with Gasteiger partial charge in [0.05, 0.1) is 12.2 Å². The molecule has 5 rings (SSSR count). The molecule has 0 saturated heterocycles. The van der Waals surface area contributed by atoms with Gasteiger partial charge in [0.2, 0.25) is 0 Å². The lowest BCUT2D eigenvalue weighted by Gasteiger charge is -2.62. The van der Waals surface area contributed by atoms with E-state index in [0.717, 1.165) is 48.9 Å². The van der Waals surface area contributed by atoms with Gasteiger partial charge in [-0.3, -0.25) is 0 Å². The number of allylic oxidation sites excluding steroid dienone is 1. The van der Waals surface area contributed by atoms with Crippen molar-refractivity contribution in [2.24, 2.45) is 40.4 Å². The highest BCUT2D eigenvalue weighted by Gasteiger charge is 2.61. The first-order chi connectivity index (χ1) is 11.5. The molecular weight excluding hydrogens is 296 g/mol. The summed E-state index contributed by atoms with van der Waals surface area (Å²) in [6.45, 7) is 2.57. The van der Waals surface area contributed by atoms with Crippen molar-refractivity contribution < 1.29 is 10.2 Å². The number of aliphatic hydroxyl groups is 2. The molecule has 0 aliphatic heterocycles. The van der Waals surface area contributed by atoms with Gasteiger partial charge in [-0.05, 0) is 105 Å². The normalized spacial score (nSPS) is 59.2. The second kappa shape index (κ2) is 5.33. The Kier molecular flexibility index (Phi) is 3.53. The fourth-order valence-electron chi connectivity index (χ4n) is 8.50. The summed E-state index contributed by atoms with van der Waals surface area (Å²) in [6, 6.07) is 0. The molecule has 0 bridgehead atoms. The van der Waals surface area contributed by atoms with Crippen molar-refractivity contribution in [3.63, 3.8) is 0 Å². The number of hydrogen-bond donors (Lipinski definition) is 2. The monoisotopic (exact) mass is 330 g/mol. The Bertz CT molecular complexity index is 542. The van der Waals surface area contributed by atoms with Crippen molar-refractivity contribution in [3.8, 4) is 0 Å². The van der Waals surface area contributed by atoms with Gasteiger partial charge in [0.15, 0.2) is 0 Å². The summed E-state index contributed by atoms with van der Waals surface area (Å²) >= 11 is 0. The molecule has 4 fully saturated rings. The molecule has 5 aliphatic rings. The first kappa shape index (κ1) is 15.9. The second-order valence-electron chi connectivity index (χ2n) is 10.2. The quantitative estimate of drug-likeness (QED) is 0.650. The molecule has 1 spiro atoms. The number of rotatable bonds is 0. The minimum atomic E-state index is -0.199. The Morgan fingerprint density at radius 3 is 2.62 bits per heavy atom. The highest BCUT2D eigenvalue weighted by Crippen LogP contribution is 2.69. The largest absolute Gasteiger partial charge is 0.393 e. The molecule has 9 atom stereocenters. The van der Waals surface area contributed by atoms with Gasteiger partial charge in [-0.15, -0.1) is 0 Å². The van der Waals surface area contributed by atoms with Crippen molar-refractivity contribution in [1.82, 2.24) is 0 Å². The smallest absolute Gasteiger partial charge is 0.0726 e. The summed E-state index contributed by atoms with van der Waals surface area (Å²) in [5.41, 5.74) is 0.900. The fraction of sp³-hybridized carbons (Fsp3) is 0.909. The Labute approximate surface area is 146 Å². The molecule has 2 heteroatoms. The molecule has 0 aromatic carbocycles. The highest BCUT2D eigenvalue weighted by atomic mass is 16.3. The molecule has 2 N–H and O–H groups in total. The van der Waals surface area contributed by atoms with Crippen LogP contribution >= 0.6 is 0 Å². The van der Waals surface area contributed by atoms with Crippen LogP contribution in [0.1, 0.15) is 71.1 Å². The fourth-order valence-corrected chi connectivity index (χ4v) is 8.50. The minimum absolute atomic E-state index is 0.0379. The molecule has 0 heterocycles. The molecule has 4 saturated carbocycles. The second-order valence-corrected chi connectivity index (χ2v) is 10.2. The molecular formula is C22H34O2. The first-order valence-corrected chi connectivity index (χ1v) is 10.6. The van der Waals surface area contributed by atoms with E-state index in [2.05, 4.69) is 19.1 Å². The van der Waals surface area contributed by atoms with Crippen LogP contribution in [0, 0.1) is 40.4 Å². The van der Waals surface area contributed by atoms with Crippen LogP contribution in [-0.2, 0) is 0 Å². The summed E-state index contributed by atoms with van der Waals surface area (Å²) in [5.74, 6) is 4.11. The van der Waals surface area contributed by atoms with Crippen LogP contribution in [0.3, 0.4) is 0 Å². The van der Waals surface area contributed by atoms with Crippen molar-refractivity contribution in [2.75, 3.05) is 0 Å². The molecule has 24 heavy (non-hydrogen) atoms. The Morgan fingerprint density at radius 1 is 0.875 bits per heavy atom. The molecule has 2 nitrogen and oxygen atoms in total. The molecule has 0 unspecified atom stereocenters. The summed E-state index contributed by atoms with van der Waals surface area (Å²) < 4.78 is 0. The summed E-state index contributed by atoms with van der Waals surface area (Å²) in [4.78, 5) is 0. The first-order valence-electron chi connectivity index (χ1n) is 10.6. The maximum atomic E-state index is 10.3. The van der Waals surface area contributed by atoms with Crippen LogP contribution in [0.2, 0.25) is 0 Å². The van der Waals surface area contributed by atoms with Crippen LogP contribution in [0.25, 0.3) is 0 Å². The van der Waals surface area contributed by atoms with E-state index in [0.29, 0.717) is 10.8 Å². The van der Waals surface area contributed by atoms with E-state index in [1.54, 1.807) is 0 Å². The third-order valence-electron chi connectivity index (χ3n) is 9.58. The number of hydrogen-bond acceptors (Lipinski definition) is 2. The predicted octanol–water partition coefficient (Wildman–Crippen LogP) is 4.31. The van der Waals surface area contributed by atoms with E-state index in [4.69, 9.17) is 0 Å². The minimum Gasteiger partial charge on any atom is -0.393 e. The van der Waals surface area contributed by atoms with Crippen molar-refractivity contribution >= 4 is 0 Å². The van der Waals surface area contributed by atoms with E-state index in [1.165, 1.54) is 44.9 Å². The SMILES string of the molecule is C[C@]12CC[C@@H](O)C[C@@H]1CC[C@@H]1[C@@H]2CC[C@@]23C[C@@H](O)C=C[C@H]2CC[C@@H]13. The molecule has 0 radical (unpaired) electrons. The zero-order chi connectivity index (χ0) is 16.5. The average Bonchev–Trinajstić information content (AvgIpc) is 2.94. The van der Waals surface area contributed by atoms with Crippen LogP contribution in [0.15, 0.2) is 12.2 Å². The Balaban J connectivity index is 1.46. The van der Waals surface area contributed by atoms with Gasteiger partial charge in [-0.25, -0.2) is 0 Å². The van der Waals surface area contributed by atoms with E-state index in [-0.39, 0.29) is 12.2 Å². The molecule has 134 valence electrons. The summed E-state index contributed by atoms with van der Waals surface area (Å²) in [6.07, 6.45) is 16.8. The predicted molar refractivity (Wildman–Crippen MR) is 95.3 cm³/mol. The lowest BCUT2D eigenvalue weighted by atomic mass is 9.43. The average molecular weight is 331 g/mol. The van der Waals surface area contributed by atoms with Crippen LogP contribution in [0.5, 0.6) is 0 Å². The Hall–Kier alpha value is -0.340. The maximum absolute atomic E-state index is 10.3. The van der Waals surface area contributed by atoms with Crippen LogP contribution < -0.4 is 0 Å². The highest BCUT2D eigenvalue weighted by molar-refractivity contribution is 5.17. The third kappa shape index (κ3) is 2.02. The third-order valence-corrected chi connectivity index (χ3v) is 9.58. The lowest BCUT2D eigenvalue weighted by Crippen LogP contribution is -2.55. The summed E-state index contributed by atoms with van der Waals surface area (Å²) in [5, 5.41) is 20.5. The molecule has 5 aliphatic carbocycles. The zero-order valence-electron chi connectivity index (χ0n) is 15.2. The van der Waals surface area contributed by atoms with E-state index < -0.39 is 0 Å². The van der Waals surface area contributed by atoms with Crippen molar-refractivity contribution in [1.29, 1.82) is 0 Å². The standard InChI is InChI=1S/C22H34O2/c1-21-10-8-16(23)12-15(21)3-6-18-19(21)9-11-22-13-17(24)5-2-14(22)4-7-20(18)22/h2,5,14-20,23-24H,3-4,6-13H2,1H3/t14-,15-,16+,17-,18+,19-,20-,21-,22+/m0/s1. The van der Waals surface area contributed by atoms with E-state index in [9.17, 15) is 10.2 Å². The molecule has 0 aromatic rings. The zero-order valence-corrected chi connectivity index (χ0v) is 15.2. The maximum Gasteiger partial charge on any atom is 0.0726 e. The molecule has 0 amide bonds. The lowest BCUT2D eigenvalue weighted by molar-refractivity contribution is -0.134. The number of fused-ring (bicyclic) bond motifs is 4.